The van der Waals surface area contributed by atoms with Gasteiger partial charge >= 0.3 is 12.1 Å². The number of rotatable bonds is 6. The molecule has 0 spiro atoms. The second-order valence-corrected chi connectivity index (χ2v) is 10.4. The van der Waals surface area contributed by atoms with Crippen molar-refractivity contribution < 1.29 is 24.2 Å². The minimum absolute atomic E-state index is 0.0755. The fraction of sp³-hybridized carbons (Fsp3) is 0.464. The smallest absolute Gasteiger partial charge is 0.408 e. The molecule has 2 fully saturated rings. The van der Waals surface area contributed by atoms with Gasteiger partial charge in [-0.2, -0.15) is 0 Å². The van der Waals surface area contributed by atoms with E-state index in [1.54, 1.807) is 0 Å². The molecule has 7 heteroatoms. The van der Waals surface area contributed by atoms with Crippen LogP contribution in [-0.4, -0.2) is 40.8 Å². The molecule has 7 nitrogen and oxygen atoms in total. The highest BCUT2D eigenvalue weighted by atomic mass is 16.5. The summed E-state index contributed by atoms with van der Waals surface area (Å²) in [5.74, 6) is -1.28. The number of benzene rings is 2. The molecule has 0 saturated heterocycles. The first-order valence-electron chi connectivity index (χ1n) is 12.5. The molecule has 2 saturated carbocycles. The summed E-state index contributed by atoms with van der Waals surface area (Å²) in [5, 5.41) is 15.3. The fourth-order valence-corrected chi connectivity index (χ4v) is 6.02. The lowest BCUT2D eigenvalue weighted by molar-refractivity contribution is -0.153. The predicted octanol–water partition coefficient (Wildman–Crippen LogP) is 4.60. The van der Waals surface area contributed by atoms with E-state index in [0.29, 0.717) is 25.7 Å². The summed E-state index contributed by atoms with van der Waals surface area (Å²) in [5.41, 5.74) is 2.13. The maximum atomic E-state index is 13.5. The Bertz CT molecular complexity index is 1110. The second-order valence-electron chi connectivity index (χ2n) is 10.4. The number of carboxylic acids is 1. The van der Waals surface area contributed by atoms with E-state index < -0.39 is 29.0 Å². The van der Waals surface area contributed by atoms with Crippen molar-refractivity contribution in [3.05, 3.63) is 59.7 Å². The normalized spacial score (nSPS) is 24.4. The zero-order chi connectivity index (χ0) is 24.6. The molecule has 184 valence electrons. The van der Waals surface area contributed by atoms with Crippen LogP contribution in [0.15, 0.2) is 48.5 Å². The molecular formula is C28H32N2O5. The minimum atomic E-state index is -1.23. The van der Waals surface area contributed by atoms with Crippen LogP contribution in [0.4, 0.5) is 4.79 Å². The van der Waals surface area contributed by atoms with Gasteiger partial charge in [0.05, 0.1) is 0 Å². The second kappa shape index (κ2) is 9.02. The van der Waals surface area contributed by atoms with Crippen molar-refractivity contribution in [2.75, 3.05) is 6.61 Å². The molecule has 2 aromatic rings. The predicted molar refractivity (Wildman–Crippen MR) is 131 cm³/mol. The van der Waals surface area contributed by atoms with Crippen molar-refractivity contribution in [2.24, 2.45) is 5.92 Å². The molecule has 0 heterocycles. The van der Waals surface area contributed by atoms with Gasteiger partial charge in [-0.25, -0.2) is 9.59 Å². The largest absolute Gasteiger partial charge is 0.480 e. The van der Waals surface area contributed by atoms with Crippen LogP contribution in [-0.2, 0) is 14.3 Å². The quantitative estimate of drug-likeness (QED) is 0.565. The van der Waals surface area contributed by atoms with Gasteiger partial charge in [-0.3, -0.25) is 4.79 Å². The summed E-state index contributed by atoms with van der Waals surface area (Å²) < 4.78 is 5.72. The van der Waals surface area contributed by atoms with Gasteiger partial charge in [0.15, 0.2) is 0 Å². The van der Waals surface area contributed by atoms with Crippen molar-refractivity contribution in [1.29, 1.82) is 0 Å². The molecule has 0 aromatic heterocycles. The van der Waals surface area contributed by atoms with E-state index in [1.165, 1.54) is 0 Å². The van der Waals surface area contributed by atoms with E-state index in [9.17, 15) is 19.5 Å². The molecule has 35 heavy (non-hydrogen) atoms. The van der Waals surface area contributed by atoms with Crippen LogP contribution in [0.25, 0.3) is 11.1 Å². The van der Waals surface area contributed by atoms with E-state index in [0.717, 1.165) is 41.5 Å². The molecule has 2 unspecified atom stereocenters. The number of carbonyl (C=O) groups excluding carboxylic acids is 2. The lowest BCUT2D eigenvalue weighted by Crippen LogP contribution is -2.68. The average Bonchev–Trinajstić information content (AvgIpc) is 3.13. The maximum Gasteiger partial charge on any atom is 0.408 e. The number of ether oxygens (including phenoxy) is 1. The molecule has 3 aliphatic rings. The van der Waals surface area contributed by atoms with Gasteiger partial charge in [0, 0.05) is 5.92 Å². The number of carboxylic acid groups (broad SMARTS) is 1. The molecule has 0 bridgehead atoms. The Balaban J connectivity index is 1.31. The number of hydrogen-bond donors (Lipinski definition) is 3. The number of aliphatic carboxylic acids is 1. The zero-order valence-electron chi connectivity index (χ0n) is 20.0. The van der Waals surface area contributed by atoms with Crippen LogP contribution in [0.5, 0.6) is 0 Å². The Hall–Kier alpha value is -3.35. The van der Waals surface area contributed by atoms with Crippen molar-refractivity contribution in [3.63, 3.8) is 0 Å². The standard InChI is InChI=1S/C28H32N2O5/c1-18-8-6-13-28(16-18,24(31)29-27(25(32)33)14-7-15-27)30-26(34)35-17-23-21-11-4-2-9-19(21)20-10-3-5-12-22(20)23/h2-5,9-12,18,23H,6-8,13-17H2,1H3,(H,29,31)(H,30,34)(H,32,33). The maximum absolute atomic E-state index is 13.5. The van der Waals surface area contributed by atoms with Crippen molar-refractivity contribution in [3.8, 4) is 11.1 Å². The summed E-state index contributed by atoms with van der Waals surface area (Å²) >= 11 is 0. The van der Waals surface area contributed by atoms with Crippen molar-refractivity contribution >= 4 is 18.0 Å². The highest BCUT2D eigenvalue weighted by Gasteiger charge is 2.51. The van der Waals surface area contributed by atoms with Crippen LogP contribution < -0.4 is 10.6 Å². The van der Waals surface area contributed by atoms with E-state index in [1.807, 2.05) is 24.3 Å². The summed E-state index contributed by atoms with van der Waals surface area (Å²) in [6.45, 7) is 2.21. The van der Waals surface area contributed by atoms with Gasteiger partial charge in [-0.15, -0.1) is 0 Å². The monoisotopic (exact) mass is 476 g/mol. The van der Waals surface area contributed by atoms with Crippen molar-refractivity contribution in [2.45, 2.75) is 68.9 Å². The SMILES string of the molecule is CC1CCCC(NC(=O)OCC2c3ccccc3-c3ccccc32)(C(=O)NC2(C(=O)O)CCC2)C1. The summed E-state index contributed by atoms with van der Waals surface area (Å²) in [7, 11) is 0. The highest BCUT2D eigenvalue weighted by Crippen LogP contribution is 2.44. The van der Waals surface area contributed by atoms with E-state index in [2.05, 4.69) is 41.8 Å². The first-order valence-corrected chi connectivity index (χ1v) is 12.5. The third-order valence-corrected chi connectivity index (χ3v) is 8.09. The number of carbonyl (C=O) groups is 3. The molecule has 0 radical (unpaired) electrons. The van der Waals surface area contributed by atoms with Crippen LogP contribution in [0.3, 0.4) is 0 Å². The number of amides is 2. The van der Waals surface area contributed by atoms with Gasteiger partial charge in [-0.05, 0) is 60.3 Å². The van der Waals surface area contributed by atoms with E-state index in [-0.39, 0.29) is 18.4 Å². The molecule has 2 atom stereocenters. The Labute approximate surface area is 205 Å². The van der Waals surface area contributed by atoms with Crippen LogP contribution in [0.2, 0.25) is 0 Å². The first kappa shape index (κ1) is 23.4. The number of hydrogen-bond acceptors (Lipinski definition) is 4. The first-order chi connectivity index (χ1) is 16.8. The Morgan fingerprint density at radius 1 is 0.914 bits per heavy atom. The Morgan fingerprint density at radius 2 is 1.51 bits per heavy atom. The summed E-state index contributed by atoms with van der Waals surface area (Å²) in [4.78, 5) is 38.4. The zero-order valence-corrected chi connectivity index (χ0v) is 20.0. The van der Waals surface area contributed by atoms with Gasteiger partial charge < -0.3 is 20.5 Å². The number of fused-ring (bicyclic) bond motifs is 3. The van der Waals surface area contributed by atoms with Crippen LogP contribution >= 0.6 is 0 Å². The number of nitrogens with one attached hydrogen (secondary N) is 2. The third-order valence-electron chi connectivity index (χ3n) is 8.09. The fourth-order valence-electron chi connectivity index (χ4n) is 6.02. The lowest BCUT2D eigenvalue weighted by atomic mass is 9.73. The third kappa shape index (κ3) is 4.17. The van der Waals surface area contributed by atoms with Gasteiger partial charge in [0.2, 0.25) is 5.91 Å². The van der Waals surface area contributed by atoms with Crippen LogP contribution in [0, 0.1) is 5.92 Å². The number of alkyl carbamates (subject to hydrolysis) is 1. The molecule has 2 aromatic carbocycles. The van der Waals surface area contributed by atoms with Gasteiger partial charge in [-0.1, -0.05) is 68.3 Å². The van der Waals surface area contributed by atoms with Gasteiger partial charge in [0.1, 0.15) is 17.7 Å². The summed E-state index contributed by atoms with van der Waals surface area (Å²) in [6, 6.07) is 16.3. The average molecular weight is 477 g/mol. The summed E-state index contributed by atoms with van der Waals surface area (Å²) in [6.07, 6.45) is 3.59. The minimum Gasteiger partial charge on any atom is -0.480 e. The van der Waals surface area contributed by atoms with E-state index >= 15 is 0 Å². The molecule has 0 aliphatic heterocycles. The molecule has 2 amide bonds. The van der Waals surface area contributed by atoms with Crippen molar-refractivity contribution in [1.82, 2.24) is 10.6 Å². The van der Waals surface area contributed by atoms with Crippen LogP contribution in [0.1, 0.15) is 68.9 Å². The molecule has 3 aliphatic carbocycles. The molecule has 3 N–H and O–H groups in total. The van der Waals surface area contributed by atoms with Gasteiger partial charge in [0.25, 0.3) is 0 Å². The lowest BCUT2D eigenvalue weighted by Gasteiger charge is -2.44. The highest BCUT2D eigenvalue weighted by molar-refractivity contribution is 5.95. The van der Waals surface area contributed by atoms with E-state index in [4.69, 9.17) is 4.74 Å². The molecular weight excluding hydrogens is 444 g/mol. The Morgan fingerprint density at radius 3 is 2.06 bits per heavy atom. The molecule has 5 rings (SSSR count). The topological polar surface area (TPSA) is 105 Å². The Kier molecular flexibility index (Phi) is 6.03.